The largest absolute Gasteiger partial charge is 0.451 e. The Morgan fingerprint density at radius 1 is 1.27 bits per heavy atom. The molecule has 0 fully saturated rings. The summed E-state index contributed by atoms with van der Waals surface area (Å²) in [7, 11) is -1.27. The molecule has 0 saturated carbocycles. The van der Waals surface area contributed by atoms with Crippen molar-refractivity contribution in [3.05, 3.63) is 0 Å². The molecular formula is C7H17BO3. The van der Waals surface area contributed by atoms with Crippen LogP contribution in [0.3, 0.4) is 0 Å². The maximum Gasteiger partial charge on any atom is 0.451 e. The summed E-state index contributed by atoms with van der Waals surface area (Å²) in [6.45, 7) is 2.06. The van der Waals surface area contributed by atoms with Gasteiger partial charge in [0, 0.05) is 0 Å². The summed E-state index contributed by atoms with van der Waals surface area (Å²) >= 11 is 0. The molecule has 0 aromatic carbocycles. The van der Waals surface area contributed by atoms with Gasteiger partial charge in [-0.2, -0.15) is 0 Å². The fourth-order valence-corrected chi connectivity index (χ4v) is 0.926. The summed E-state index contributed by atoms with van der Waals surface area (Å²) in [5.41, 5.74) is 0. The fourth-order valence-electron chi connectivity index (χ4n) is 0.926. The van der Waals surface area contributed by atoms with Gasteiger partial charge < -0.3 is 15.2 Å². The molecule has 1 atom stereocenters. The fraction of sp³-hybridized carbons (Fsp3) is 1.00. The Balaban J connectivity index is 3.15. The van der Waals surface area contributed by atoms with Crippen LogP contribution in [0.5, 0.6) is 0 Å². The molecule has 0 amide bonds. The second kappa shape index (κ2) is 6.64. The highest BCUT2D eigenvalue weighted by Gasteiger charge is 2.10. The smallest absolute Gasteiger partial charge is 0.427 e. The van der Waals surface area contributed by atoms with Crippen LogP contribution in [-0.2, 0) is 0 Å². The summed E-state index contributed by atoms with van der Waals surface area (Å²) in [6.07, 6.45) is 3.23. The van der Waals surface area contributed by atoms with E-state index in [0.29, 0.717) is 6.42 Å². The highest BCUT2D eigenvalue weighted by atomic mass is 16.4. The van der Waals surface area contributed by atoms with Crippen LogP contribution in [0, 0.1) is 0 Å². The third kappa shape index (κ3) is 7.85. The molecule has 0 bridgehead atoms. The number of aliphatic hydroxyl groups excluding tert-OH is 1. The normalized spacial score (nSPS) is 13.1. The van der Waals surface area contributed by atoms with Crippen molar-refractivity contribution in [1.82, 2.24) is 0 Å². The lowest BCUT2D eigenvalue weighted by Crippen LogP contribution is -2.15. The molecule has 0 aliphatic rings. The van der Waals surface area contributed by atoms with Crippen molar-refractivity contribution in [1.29, 1.82) is 0 Å². The molecule has 66 valence electrons. The van der Waals surface area contributed by atoms with Crippen LogP contribution in [0.25, 0.3) is 0 Å². The Morgan fingerprint density at radius 3 is 2.36 bits per heavy atom. The van der Waals surface area contributed by atoms with Crippen molar-refractivity contribution in [2.24, 2.45) is 0 Å². The van der Waals surface area contributed by atoms with Gasteiger partial charge in [0.15, 0.2) is 0 Å². The second-order valence-electron chi connectivity index (χ2n) is 2.85. The summed E-state index contributed by atoms with van der Waals surface area (Å²) in [5, 5.41) is 26.1. The quantitative estimate of drug-likeness (QED) is 0.493. The van der Waals surface area contributed by atoms with E-state index in [1.165, 1.54) is 0 Å². The number of hydrogen-bond acceptors (Lipinski definition) is 3. The van der Waals surface area contributed by atoms with Crippen LogP contribution in [0.1, 0.15) is 32.6 Å². The highest BCUT2D eigenvalue weighted by Crippen LogP contribution is 2.07. The van der Waals surface area contributed by atoms with E-state index in [1.54, 1.807) is 0 Å². The second-order valence-corrected chi connectivity index (χ2v) is 2.85. The van der Waals surface area contributed by atoms with Gasteiger partial charge in [0.2, 0.25) is 0 Å². The van der Waals surface area contributed by atoms with Crippen LogP contribution in [-0.4, -0.2) is 28.4 Å². The topological polar surface area (TPSA) is 60.7 Å². The molecule has 1 unspecified atom stereocenters. The van der Waals surface area contributed by atoms with Crippen LogP contribution >= 0.6 is 0 Å². The SMILES string of the molecule is CCCCC(O)CCB(O)O. The zero-order valence-electron chi connectivity index (χ0n) is 7.03. The molecule has 0 aliphatic heterocycles. The molecule has 11 heavy (non-hydrogen) atoms. The Hall–Kier alpha value is -0.0551. The molecule has 0 saturated heterocycles. The first-order valence-electron chi connectivity index (χ1n) is 4.21. The first-order chi connectivity index (χ1) is 5.16. The Morgan fingerprint density at radius 2 is 1.91 bits per heavy atom. The lowest BCUT2D eigenvalue weighted by atomic mass is 9.82. The molecule has 3 nitrogen and oxygen atoms in total. The average molecular weight is 160 g/mol. The zero-order chi connectivity index (χ0) is 8.69. The minimum Gasteiger partial charge on any atom is -0.427 e. The van der Waals surface area contributed by atoms with Crippen molar-refractivity contribution < 1.29 is 15.2 Å². The molecular weight excluding hydrogens is 143 g/mol. The molecule has 0 aromatic rings. The minimum absolute atomic E-state index is 0.269. The van der Waals surface area contributed by atoms with Crippen LogP contribution in [0.15, 0.2) is 0 Å². The van der Waals surface area contributed by atoms with Crippen molar-refractivity contribution in [3.8, 4) is 0 Å². The molecule has 0 radical (unpaired) electrons. The molecule has 0 aliphatic carbocycles. The lowest BCUT2D eigenvalue weighted by molar-refractivity contribution is 0.154. The molecule has 0 heterocycles. The number of unbranched alkanes of at least 4 members (excludes halogenated alkanes) is 1. The van der Waals surface area contributed by atoms with E-state index in [9.17, 15) is 5.11 Å². The molecule has 3 N–H and O–H groups in total. The molecule has 0 aromatic heterocycles. The monoisotopic (exact) mass is 160 g/mol. The summed E-state index contributed by atoms with van der Waals surface area (Å²) < 4.78 is 0. The molecule has 4 heteroatoms. The average Bonchev–Trinajstić information content (AvgIpc) is 1.97. The Kier molecular flexibility index (Phi) is 6.61. The third-order valence-electron chi connectivity index (χ3n) is 1.65. The zero-order valence-corrected chi connectivity index (χ0v) is 7.03. The standard InChI is InChI=1S/C7H17BO3/c1-2-3-4-7(9)5-6-8(10)11/h7,9-11H,2-6H2,1H3. The third-order valence-corrected chi connectivity index (χ3v) is 1.65. The van der Waals surface area contributed by atoms with E-state index in [2.05, 4.69) is 6.92 Å². The van der Waals surface area contributed by atoms with E-state index in [4.69, 9.17) is 10.0 Å². The minimum atomic E-state index is -1.27. The van der Waals surface area contributed by atoms with Crippen molar-refractivity contribution >= 4 is 7.12 Å². The van der Waals surface area contributed by atoms with Crippen LogP contribution in [0.2, 0.25) is 6.32 Å². The van der Waals surface area contributed by atoms with Gasteiger partial charge in [-0.05, 0) is 19.2 Å². The van der Waals surface area contributed by atoms with Gasteiger partial charge in [0.25, 0.3) is 0 Å². The van der Waals surface area contributed by atoms with E-state index < -0.39 is 7.12 Å². The van der Waals surface area contributed by atoms with Crippen LogP contribution < -0.4 is 0 Å². The van der Waals surface area contributed by atoms with Gasteiger partial charge in [-0.25, -0.2) is 0 Å². The molecule has 0 rings (SSSR count). The van der Waals surface area contributed by atoms with Crippen molar-refractivity contribution in [3.63, 3.8) is 0 Å². The predicted molar refractivity (Wildman–Crippen MR) is 45.1 cm³/mol. The number of aliphatic hydroxyl groups is 1. The number of rotatable bonds is 6. The van der Waals surface area contributed by atoms with Gasteiger partial charge in [0.1, 0.15) is 0 Å². The summed E-state index contributed by atoms with van der Waals surface area (Å²) in [6, 6.07) is 0. The van der Waals surface area contributed by atoms with E-state index in [1.807, 2.05) is 0 Å². The van der Waals surface area contributed by atoms with Gasteiger partial charge in [0.05, 0.1) is 6.10 Å². The van der Waals surface area contributed by atoms with E-state index in [-0.39, 0.29) is 12.4 Å². The Bertz CT molecular complexity index is 87.8. The highest BCUT2D eigenvalue weighted by molar-refractivity contribution is 6.40. The maximum absolute atomic E-state index is 9.21. The van der Waals surface area contributed by atoms with Crippen molar-refractivity contribution in [2.45, 2.75) is 45.0 Å². The van der Waals surface area contributed by atoms with Gasteiger partial charge in [-0.1, -0.05) is 19.8 Å². The number of hydrogen-bond donors (Lipinski definition) is 3. The maximum atomic E-state index is 9.21. The predicted octanol–water partition coefficient (Wildman–Crippen LogP) is 0.400. The first-order valence-corrected chi connectivity index (χ1v) is 4.21. The summed E-state index contributed by atoms with van der Waals surface area (Å²) in [4.78, 5) is 0. The van der Waals surface area contributed by atoms with Gasteiger partial charge >= 0.3 is 7.12 Å². The summed E-state index contributed by atoms with van der Waals surface area (Å²) in [5.74, 6) is 0. The van der Waals surface area contributed by atoms with Gasteiger partial charge in [-0.15, -0.1) is 0 Å². The first kappa shape index (κ1) is 10.9. The molecule has 0 spiro atoms. The lowest BCUT2D eigenvalue weighted by Gasteiger charge is -2.08. The van der Waals surface area contributed by atoms with Gasteiger partial charge in [-0.3, -0.25) is 0 Å². The van der Waals surface area contributed by atoms with E-state index in [0.717, 1.165) is 19.3 Å². The van der Waals surface area contributed by atoms with E-state index >= 15 is 0 Å². The van der Waals surface area contributed by atoms with Crippen molar-refractivity contribution in [2.75, 3.05) is 0 Å². The Labute approximate surface area is 68.2 Å². The van der Waals surface area contributed by atoms with Crippen LogP contribution in [0.4, 0.5) is 0 Å².